The van der Waals surface area contributed by atoms with E-state index in [0.717, 1.165) is 12.0 Å². The molecule has 2 heterocycles. The number of hydrogen-bond donors (Lipinski definition) is 0. The number of pyridine rings is 1. The van der Waals surface area contributed by atoms with Gasteiger partial charge in [-0.1, -0.05) is 0 Å². The second kappa shape index (κ2) is 4.23. The zero-order chi connectivity index (χ0) is 10.7. The molecule has 15 heavy (non-hydrogen) atoms. The van der Waals surface area contributed by atoms with Crippen LogP contribution in [0.15, 0.2) is 24.5 Å². The van der Waals surface area contributed by atoms with Crippen molar-refractivity contribution in [3.05, 3.63) is 30.1 Å². The van der Waals surface area contributed by atoms with Crippen molar-refractivity contribution in [3.8, 4) is 0 Å². The molecule has 0 saturated carbocycles. The van der Waals surface area contributed by atoms with Crippen LogP contribution in [0.5, 0.6) is 0 Å². The van der Waals surface area contributed by atoms with Crippen LogP contribution in [0.1, 0.15) is 12.0 Å². The molecule has 1 aliphatic heterocycles. The van der Waals surface area contributed by atoms with Gasteiger partial charge in [-0.2, -0.15) is 0 Å². The Labute approximate surface area is 87.9 Å². The fourth-order valence-electron chi connectivity index (χ4n) is 1.83. The quantitative estimate of drug-likeness (QED) is 0.761. The molecule has 1 saturated heterocycles. The van der Waals surface area contributed by atoms with E-state index in [1.165, 1.54) is 0 Å². The number of likely N-dealkylation sites (tertiary alicyclic amines) is 1. The average molecular weight is 212 g/mol. The van der Waals surface area contributed by atoms with E-state index in [0.29, 0.717) is 13.1 Å². The third-order valence-corrected chi connectivity index (χ3v) is 2.71. The van der Waals surface area contributed by atoms with Gasteiger partial charge in [-0.25, -0.2) is 8.78 Å². The standard InChI is InChI=1S/C11H14F2N2/c12-11(13)4-8-15(9-11)7-3-10-1-5-14-6-2-10/h1-2,5-6H,3-4,7-9H2. The van der Waals surface area contributed by atoms with E-state index in [-0.39, 0.29) is 13.0 Å². The minimum absolute atomic E-state index is 0.00332. The molecule has 4 heteroatoms. The van der Waals surface area contributed by atoms with Crippen LogP contribution in [0.3, 0.4) is 0 Å². The van der Waals surface area contributed by atoms with Gasteiger partial charge in [0.25, 0.3) is 5.92 Å². The zero-order valence-electron chi connectivity index (χ0n) is 8.50. The van der Waals surface area contributed by atoms with Gasteiger partial charge in [0, 0.05) is 31.9 Å². The molecule has 0 bridgehead atoms. The smallest absolute Gasteiger partial charge is 0.261 e. The predicted molar refractivity (Wildman–Crippen MR) is 53.9 cm³/mol. The Morgan fingerprint density at radius 3 is 2.67 bits per heavy atom. The van der Waals surface area contributed by atoms with Gasteiger partial charge in [-0.15, -0.1) is 0 Å². The molecule has 0 atom stereocenters. The van der Waals surface area contributed by atoms with Crippen molar-refractivity contribution < 1.29 is 8.78 Å². The van der Waals surface area contributed by atoms with Crippen LogP contribution in [0.25, 0.3) is 0 Å². The average Bonchev–Trinajstić information content (AvgIpc) is 2.57. The third kappa shape index (κ3) is 2.96. The Bertz CT molecular complexity index is 314. The van der Waals surface area contributed by atoms with Crippen LogP contribution < -0.4 is 0 Å². The summed E-state index contributed by atoms with van der Waals surface area (Å²) < 4.78 is 25.7. The van der Waals surface area contributed by atoms with Gasteiger partial charge in [-0.3, -0.25) is 9.88 Å². The van der Waals surface area contributed by atoms with Crippen molar-refractivity contribution >= 4 is 0 Å². The summed E-state index contributed by atoms with van der Waals surface area (Å²) in [6.45, 7) is 1.13. The number of nitrogens with zero attached hydrogens (tertiary/aromatic N) is 2. The van der Waals surface area contributed by atoms with Gasteiger partial charge in [0.15, 0.2) is 0 Å². The van der Waals surface area contributed by atoms with Crippen LogP contribution in [-0.2, 0) is 6.42 Å². The molecule has 1 aromatic heterocycles. The minimum atomic E-state index is -2.47. The first-order chi connectivity index (χ1) is 7.16. The van der Waals surface area contributed by atoms with E-state index in [1.54, 1.807) is 12.4 Å². The highest BCUT2D eigenvalue weighted by atomic mass is 19.3. The normalized spacial score (nSPS) is 20.7. The van der Waals surface area contributed by atoms with Crippen LogP contribution in [-0.4, -0.2) is 35.4 Å². The van der Waals surface area contributed by atoms with Gasteiger partial charge < -0.3 is 0 Å². The molecule has 2 nitrogen and oxygen atoms in total. The maximum absolute atomic E-state index is 12.9. The Hall–Kier alpha value is -1.03. The summed E-state index contributed by atoms with van der Waals surface area (Å²) in [5.74, 6) is -2.47. The number of rotatable bonds is 3. The van der Waals surface area contributed by atoms with Crippen LogP contribution in [0.2, 0.25) is 0 Å². The minimum Gasteiger partial charge on any atom is -0.297 e. The van der Waals surface area contributed by atoms with E-state index in [9.17, 15) is 8.78 Å². The summed E-state index contributed by atoms with van der Waals surface area (Å²) in [6, 6.07) is 3.85. The van der Waals surface area contributed by atoms with E-state index in [4.69, 9.17) is 0 Å². The third-order valence-electron chi connectivity index (χ3n) is 2.71. The monoisotopic (exact) mass is 212 g/mol. The van der Waals surface area contributed by atoms with Gasteiger partial charge in [0.1, 0.15) is 0 Å². The molecule has 0 amide bonds. The van der Waals surface area contributed by atoms with E-state index < -0.39 is 5.92 Å². The fourth-order valence-corrected chi connectivity index (χ4v) is 1.83. The van der Waals surface area contributed by atoms with E-state index in [1.807, 2.05) is 17.0 Å². The van der Waals surface area contributed by atoms with Crippen molar-refractivity contribution in [2.24, 2.45) is 0 Å². The van der Waals surface area contributed by atoms with Crippen LogP contribution in [0.4, 0.5) is 8.78 Å². The number of halogens is 2. The highest BCUT2D eigenvalue weighted by molar-refractivity contribution is 5.10. The highest BCUT2D eigenvalue weighted by Crippen LogP contribution is 2.26. The van der Waals surface area contributed by atoms with Crippen molar-refractivity contribution in [3.63, 3.8) is 0 Å². The first kappa shape index (κ1) is 10.5. The van der Waals surface area contributed by atoms with Crippen LogP contribution >= 0.6 is 0 Å². The van der Waals surface area contributed by atoms with Crippen molar-refractivity contribution in [1.29, 1.82) is 0 Å². The summed E-state index contributed by atoms with van der Waals surface area (Å²) in [7, 11) is 0. The summed E-state index contributed by atoms with van der Waals surface area (Å²) in [5, 5.41) is 0. The topological polar surface area (TPSA) is 16.1 Å². The second-order valence-corrected chi connectivity index (χ2v) is 3.99. The molecular formula is C11H14F2N2. The maximum Gasteiger partial charge on any atom is 0.261 e. The summed E-state index contributed by atoms with van der Waals surface area (Å²) in [4.78, 5) is 5.73. The molecule has 0 aliphatic carbocycles. The Morgan fingerprint density at radius 1 is 1.33 bits per heavy atom. The van der Waals surface area contributed by atoms with Crippen LogP contribution in [0, 0.1) is 0 Å². The van der Waals surface area contributed by atoms with Gasteiger partial charge in [-0.05, 0) is 24.1 Å². The molecular weight excluding hydrogens is 198 g/mol. The molecule has 0 spiro atoms. The molecule has 1 fully saturated rings. The molecule has 82 valence electrons. The van der Waals surface area contributed by atoms with E-state index >= 15 is 0 Å². The number of alkyl halides is 2. The Balaban J connectivity index is 1.80. The fraction of sp³-hybridized carbons (Fsp3) is 0.545. The lowest BCUT2D eigenvalue weighted by Gasteiger charge is -2.14. The SMILES string of the molecule is FC1(F)CCN(CCc2ccncc2)C1. The van der Waals surface area contributed by atoms with E-state index in [2.05, 4.69) is 4.98 Å². The van der Waals surface area contributed by atoms with Crippen molar-refractivity contribution in [2.45, 2.75) is 18.8 Å². The van der Waals surface area contributed by atoms with Gasteiger partial charge in [0.05, 0.1) is 6.54 Å². The number of hydrogen-bond acceptors (Lipinski definition) is 2. The summed E-state index contributed by atoms with van der Waals surface area (Å²) in [6.07, 6.45) is 4.28. The molecule has 0 radical (unpaired) electrons. The van der Waals surface area contributed by atoms with Crippen molar-refractivity contribution in [1.82, 2.24) is 9.88 Å². The molecule has 2 rings (SSSR count). The lowest BCUT2D eigenvalue weighted by molar-refractivity contribution is 0.0123. The predicted octanol–water partition coefficient (Wildman–Crippen LogP) is 1.97. The first-order valence-corrected chi connectivity index (χ1v) is 5.15. The molecule has 1 aliphatic rings. The molecule has 1 aromatic rings. The first-order valence-electron chi connectivity index (χ1n) is 5.15. The lowest BCUT2D eigenvalue weighted by Crippen LogP contribution is -2.27. The zero-order valence-corrected chi connectivity index (χ0v) is 8.50. The highest BCUT2D eigenvalue weighted by Gasteiger charge is 2.37. The molecule has 0 aromatic carbocycles. The second-order valence-electron chi connectivity index (χ2n) is 3.99. The molecule has 0 N–H and O–H groups in total. The lowest BCUT2D eigenvalue weighted by atomic mass is 10.2. The van der Waals surface area contributed by atoms with Crippen molar-refractivity contribution in [2.75, 3.05) is 19.6 Å². The Kier molecular flexibility index (Phi) is 2.95. The Morgan fingerprint density at radius 2 is 2.07 bits per heavy atom. The van der Waals surface area contributed by atoms with Gasteiger partial charge in [0.2, 0.25) is 0 Å². The van der Waals surface area contributed by atoms with Gasteiger partial charge >= 0.3 is 0 Å². The maximum atomic E-state index is 12.9. The molecule has 0 unspecified atom stereocenters. The largest absolute Gasteiger partial charge is 0.297 e. The number of aromatic nitrogens is 1. The summed E-state index contributed by atoms with van der Waals surface area (Å²) >= 11 is 0. The summed E-state index contributed by atoms with van der Waals surface area (Å²) in [5.41, 5.74) is 1.15.